The maximum Gasteiger partial charge on any atom is 0.227 e. The molecule has 0 fully saturated rings. The van der Waals surface area contributed by atoms with E-state index in [1.54, 1.807) is 26.2 Å². The molecule has 12 nitrogen and oxygen atoms in total. The molecule has 12 heteroatoms. The van der Waals surface area contributed by atoms with Gasteiger partial charge in [0.1, 0.15) is 0 Å². The largest absolute Gasteiger partial charge is 0.437 e. The third-order valence-electron chi connectivity index (χ3n) is 22.4. The van der Waals surface area contributed by atoms with Crippen LogP contribution in [0.15, 0.2) is 164 Å². The summed E-state index contributed by atoms with van der Waals surface area (Å²) >= 11 is 0. The maximum absolute atomic E-state index is 8.63. The number of hydrogen-bond acceptors (Lipinski definition) is 8. The van der Waals surface area contributed by atoms with Gasteiger partial charge in [0.05, 0.1) is 22.3 Å². The Morgan fingerprint density at radius 3 is 0.918 bits per heavy atom. The second kappa shape index (κ2) is 28.3. The minimum atomic E-state index is -2.78. The molecule has 16 heterocycles. The van der Waals surface area contributed by atoms with Crippen molar-refractivity contribution in [1.29, 1.82) is 0 Å². The molecule has 556 valence electrons. The molecule has 4 aliphatic rings. The van der Waals surface area contributed by atoms with Crippen LogP contribution in [0.2, 0.25) is 0 Å². The zero-order chi connectivity index (χ0) is 87.0. The van der Waals surface area contributed by atoms with Crippen LogP contribution in [-0.2, 0) is 64.6 Å². The van der Waals surface area contributed by atoms with Crippen LogP contribution < -0.4 is 18.3 Å². The highest BCUT2D eigenvalue weighted by Gasteiger charge is 2.37. The van der Waals surface area contributed by atoms with Gasteiger partial charge in [-0.25, -0.2) is 19.9 Å². The molecule has 2 unspecified atom stereocenters. The topological polar surface area (TPSA) is 120 Å². The normalized spacial score (nSPS) is 16.2. The minimum absolute atomic E-state index is 0.210. The number of pyridine rings is 8. The SMILES string of the molecule is CCc1ccc2c(n1)oc1c3c(ccc12)C[n+]1cc(CC(C)C)c(C)cc1-3.Cc1cc2[n+](cc1CC(C)C)Cc1ccc3c(oc4nc(C(C)C)ccc43)c1-2.[2H]C([2H])([2H])C([2H])(C)C([2H])([2H])c1c[n+]2c(cc1C)-c1c(ccc3c1oc1nc(C(C)C)ccc13)C2.[2H]C([2H])([2H])C([2H])(C)C([2H])([2H])c1c[n+]2c(cc1C)-c1c(ccc3c1oc1nc(CC)ccc13)C2. The Labute approximate surface area is 662 Å². The van der Waals surface area contributed by atoms with E-state index in [-0.39, 0.29) is 17.0 Å². The van der Waals surface area contributed by atoms with Gasteiger partial charge in [0, 0.05) is 151 Å². The fraction of sp³-hybridized carbons (Fsp3) is 0.347. The molecule has 0 spiro atoms. The smallest absolute Gasteiger partial charge is 0.227 e. The van der Waals surface area contributed by atoms with Crippen molar-refractivity contribution in [3.63, 3.8) is 0 Å². The minimum Gasteiger partial charge on any atom is -0.437 e. The maximum atomic E-state index is 8.63. The van der Waals surface area contributed by atoms with Crippen molar-refractivity contribution in [2.45, 2.75) is 201 Å². The Morgan fingerprint density at radius 1 is 0.364 bits per heavy atom. The lowest BCUT2D eigenvalue weighted by Gasteiger charge is -2.07. The number of hydrogen-bond donors (Lipinski definition) is 0. The zero-order valence-corrected chi connectivity index (χ0v) is 66.0. The van der Waals surface area contributed by atoms with E-state index >= 15 is 0 Å². The number of furan rings is 4. The predicted molar refractivity (Wildman–Crippen MR) is 445 cm³/mol. The summed E-state index contributed by atoms with van der Waals surface area (Å²) < 4.78 is 131. The van der Waals surface area contributed by atoms with E-state index in [0.717, 1.165) is 186 Å². The highest BCUT2D eigenvalue weighted by Crippen LogP contribution is 2.45. The highest BCUT2D eigenvalue weighted by atomic mass is 16.4. The van der Waals surface area contributed by atoms with Gasteiger partial charge >= 0.3 is 0 Å². The van der Waals surface area contributed by atoms with Gasteiger partial charge in [0.2, 0.25) is 45.6 Å². The average Bonchev–Trinajstić information content (AvgIpc) is 1.54. The van der Waals surface area contributed by atoms with Crippen LogP contribution in [0.5, 0.6) is 0 Å². The lowest BCUT2D eigenvalue weighted by molar-refractivity contribution is -0.672. The summed E-state index contributed by atoms with van der Waals surface area (Å²) in [5.74, 6) is -2.62. The second-order valence-electron chi connectivity index (χ2n) is 32.3. The summed E-state index contributed by atoms with van der Waals surface area (Å²) in [5.41, 5.74) is 30.8. The molecule has 12 aromatic heterocycles. The van der Waals surface area contributed by atoms with Crippen LogP contribution in [0.1, 0.15) is 215 Å². The van der Waals surface area contributed by atoms with Crippen LogP contribution in [0.4, 0.5) is 0 Å². The first-order valence-electron chi connectivity index (χ1n) is 45.1. The lowest BCUT2D eigenvalue weighted by atomic mass is 9.98. The molecule has 0 saturated heterocycles. The number of aryl methyl sites for hydroxylation is 6. The predicted octanol–water partition coefficient (Wildman–Crippen LogP) is 22.6. The molecular formula is C98H104N8O4+4. The standard InChI is InChI=1S/2C25H27N2O.2C24H25N2O/c2*1-14(2)10-18-13-27-12-17-6-7-19-20-8-9-21(15(3)4)26-25(20)28-24(19)23(17)22(27)11-16(18)5;2*1-5-18-7-9-20-19-8-6-16-12-26-13-17(10-14(2)3)15(4)11-21(26)22(16)23(19)27-24(20)25-18/h2*6-9,11,13-15H,10,12H2,1-5H3;2*6-9,11,13-14H,5,10,12H2,1-4H3/q4*+1/i1D3,10D2,14D;;2D3,10D2,14D;. The summed E-state index contributed by atoms with van der Waals surface area (Å²) in [5, 5.41) is 8.40. The van der Waals surface area contributed by atoms with E-state index in [1.165, 1.54) is 55.9 Å². The van der Waals surface area contributed by atoms with E-state index < -0.39 is 38.2 Å². The van der Waals surface area contributed by atoms with Gasteiger partial charge in [0.25, 0.3) is 0 Å². The molecule has 20 rings (SSSR count). The van der Waals surface area contributed by atoms with Gasteiger partial charge in [-0.05, 0) is 197 Å². The molecule has 4 aromatic carbocycles. The summed E-state index contributed by atoms with van der Waals surface area (Å²) in [4.78, 5) is 18.8. The van der Waals surface area contributed by atoms with Gasteiger partial charge in [-0.1, -0.05) is 121 Å². The lowest BCUT2D eigenvalue weighted by Crippen LogP contribution is -2.33. The molecule has 0 aliphatic carbocycles. The van der Waals surface area contributed by atoms with Crippen LogP contribution in [0.25, 0.3) is 133 Å². The molecule has 110 heavy (non-hydrogen) atoms. The van der Waals surface area contributed by atoms with E-state index in [9.17, 15) is 0 Å². The van der Waals surface area contributed by atoms with Crippen molar-refractivity contribution < 1.29 is 52.4 Å². The highest BCUT2D eigenvalue weighted by molar-refractivity contribution is 6.12. The quantitative estimate of drug-likeness (QED) is 0.111. The van der Waals surface area contributed by atoms with Crippen LogP contribution in [0.3, 0.4) is 0 Å². The third kappa shape index (κ3) is 12.8. The fourth-order valence-electron chi connectivity index (χ4n) is 16.8. The van der Waals surface area contributed by atoms with Crippen molar-refractivity contribution in [3.8, 4) is 45.0 Å². The van der Waals surface area contributed by atoms with Crippen LogP contribution >= 0.6 is 0 Å². The number of benzene rings is 4. The van der Waals surface area contributed by atoms with E-state index in [1.807, 2.05) is 63.7 Å². The Bertz CT molecular complexity index is 7000. The van der Waals surface area contributed by atoms with Crippen LogP contribution in [0, 0.1) is 51.3 Å². The molecule has 0 bridgehead atoms. The Balaban J connectivity index is 0.000000116. The van der Waals surface area contributed by atoms with Crippen molar-refractivity contribution in [1.82, 2.24) is 19.9 Å². The summed E-state index contributed by atoms with van der Waals surface area (Å²) in [6, 6.07) is 42.1. The molecule has 0 amide bonds. The Kier molecular flexibility index (Phi) is 15.2. The number of aromatic nitrogens is 8. The molecular weight excluding hydrogens is 1350 g/mol. The molecule has 0 N–H and O–H groups in total. The average molecular weight is 1470 g/mol. The number of nitrogens with zero attached hydrogens (tertiary/aromatic N) is 8. The summed E-state index contributed by atoms with van der Waals surface area (Å²) in [6.07, 6.45) is 7.20. The van der Waals surface area contributed by atoms with Crippen LogP contribution in [-0.4, -0.2) is 19.9 Å². The summed E-state index contributed by atoms with van der Waals surface area (Å²) in [6.45, 7) is 29.3. The van der Waals surface area contributed by atoms with Crippen molar-refractivity contribution in [2.75, 3.05) is 0 Å². The monoisotopic (exact) mass is 1470 g/mol. The third-order valence-corrected chi connectivity index (χ3v) is 22.4. The molecule has 0 radical (unpaired) electrons. The van der Waals surface area contributed by atoms with Gasteiger partial charge in [-0.2, -0.15) is 18.3 Å². The van der Waals surface area contributed by atoms with Crippen molar-refractivity contribution in [2.24, 2.45) is 23.6 Å². The van der Waals surface area contributed by atoms with Crippen molar-refractivity contribution >= 4 is 88.3 Å². The molecule has 16 aromatic rings. The molecule has 0 saturated carbocycles. The molecule has 2 atom stereocenters. The van der Waals surface area contributed by atoms with Gasteiger partial charge < -0.3 is 17.7 Å². The first kappa shape index (κ1) is 59.2. The van der Waals surface area contributed by atoms with Gasteiger partial charge in [-0.15, -0.1) is 0 Å². The Morgan fingerprint density at radius 2 is 0.636 bits per heavy atom. The first-order chi connectivity index (χ1) is 57.6. The van der Waals surface area contributed by atoms with E-state index in [2.05, 4.69) is 176 Å². The second-order valence-corrected chi connectivity index (χ2v) is 32.3. The Hall–Kier alpha value is -10.7. The fourth-order valence-corrected chi connectivity index (χ4v) is 16.8. The zero-order valence-electron chi connectivity index (χ0n) is 78.0. The summed E-state index contributed by atoms with van der Waals surface area (Å²) in [7, 11) is 0. The van der Waals surface area contributed by atoms with E-state index in [0.29, 0.717) is 53.4 Å². The molecule has 4 aliphatic heterocycles. The van der Waals surface area contributed by atoms with Crippen molar-refractivity contribution in [3.05, 3.63) is 236 Å². The van der Waals surface area contributed by atoms with E-state index in [4.69, 9.17) is 49.1 Å². The number of fused-ring (bicyclic) bond motifs is 28. The first-order valence-corrected chi connectivity index (χ1v) is 39.1. The van der Waals surface area contributed by atoms with Gasteiger partial charge in [-0.3, -0.25) is 0 Å². The number of rotatable bonds is 12. The van der Waals surface area contributed by atoms with Gasteiger partial charge in [0.15, 0.2) is 73.3 Å².